The summed E-state index contributed by atoms with van der Waals surface area (Å²) in [5.41, 5.74) is 0.862. The normalized spacial score (nSPS) is 21.3. The van der Waals surface area contributed by atoms with E-state index in [1.807, 2.05) is 83.3 Å². The van der Waals surface area contributed by atoms with Crippen molar-refractivity contribution in [1.82, 2.24) is 19.4 Å². The molecule has 0 spiro atoms. The van der Waals surface area contributed by atoms with E-state index in [1.165, 1.54) is 40.6 Å². The molecule has 5 aromatic rings. The van der Waals surface area contributed by atoms with E-state index in [0.717, 1.165) is 85.8 Å². The van der Waals surface area contributed by atoms with Gasteiger partial charge in [-0.25, -0.2) is 21.6 Å². The van der Waals surface area contributed by atoms with Gasteiger partial charge in [0.1, 0.15) is 11.2 Å². The Morgan fingerprint density at radius 2 is 1.52 bits per heavy atom. The number of amides is 1. The van der Waals surface area contributed by atoms with E-state index in [9.17, 15) is 39.4 Å². The second-order valence-electron chi connectivity index (χ2n) is 21.9. The Kier molecular flexibility index (Phi) is 19.0. The molecule has 0 bridgehead atoms. The number of hydrogen-bond acceptors (Lipinski definition) is 14. The van der Waals surface area contributed by atoms with Crippen molar-refractivity contribution in [2.24, 2.45) is 5.41 Å². The molecule has 3 aliphatic heterocycles. The molecule has 9 rings (SSSR count). The molecule has 2 N–H and O–H groups in total. The van der Waals surface area contributed by atoms with Gasteiger partial charge in [-0.05, 0) is 121 Å². The van der Waals surface area contributed by atoms with Gasteiger partial charge in [0.25, 0.3) is 25.8 Å². The minimum Gasteiger partial charge on any atom is -0.380 e. The lowest BCUT2D eigenvalue weighted by molar-refractivity contribution is -0.0436. The molecular weight excluding hydrogens is 1130 g/mol. The van der Waals surface area contributed by atoms with Crippen molar-refractivity contribution < 1.29 is 48.4 Å². The van der Waals surface area contributed by atoms with Crippen molar-refractivity contribution in [2.45, 2.75) is 85.2 Å². The molecule has 1 amide bonds. The van der Waals surface area contributed by atoms with E-state index < -0.39 is 60.4 Å². The number of thioether (sulfide) groups is 1. The first kappa shape index (κ1) is 59.9. The van der Waals surface area contributed by atoms with Gasteiger partial charge >= 0.3 is 13.1 Å². The number of hydrogen-bond donors (Lipinski definition) is 2. The highest BCUT2D eigenvalue weighted by Gasteiger charge is 2.49. The van der Waals surface area contributed by atoms with Crippen LogP contribution in [0.25, 0.3) is 5.57 Å². The van der Waals surface area contributed by atoms with E-state index in [1.54, 1.807) is 12.1 Å². The molecule has 3 fully saturated rings. The SMILES string of the molecule is Cc1cccc(C2CCOP(=O)(CN3CCN(CC[C@H](CSc4ccccc4)Nc4ccc(S(=O)(=O)NC(=O)c5ccc(N6CCN(CC7=C(c8ccc(Cl)cc8)CCC(C)(C)C7)CC6)cc5)cc4S(=O)(=O)C(F)(F)F)CC3)O2)c1. The number of sulfone groups is 1. The summed E-state index contributed by atoms with van der Waals surface area (Å²) < 4.78 is 125. The van der Waals surface area contributed by atoms with Crippen molar-refractivity contribution >= 4 is 73.7 Å². The molecule has 22 heteroatoms. The Morgan fingerprint density at radius 3 is 2.21 bits per heavy atom. The predicted molar refractivity (Wildman–Crippen MR) is 311 cm³/mol. The zero-order chi connectivity index (χ0) is 56.9. The largest absolute Gasteiger partial charge is 0.501 e. The van der Waals surface area contributed by atoms with Crippen LogP contribution in [-0.2, 0) is 33.5 Å². The van der Waals surface area contributed by atoms with Gasteiger partial charge in [-0.2, -0.15) is 13.2 Å². The van der Waals surface area contributed by atoms with Crippen LogP contribution in [0.3, 0.4) is 0 Å². The number of aryl methyl sites for hydroxylation is 1. The summed E-state index contributed by atoms with van der Waals surface area (Å²) in [7, 11) is -14.5. The number of piperazine rings is 2. The zero-order valence-corrected chi connectivity index (χ0v) is 49.3. The summed E-state index contributed by atoms with van der Waals surface area (Å²) in [4.78, 5) is 21.1. The highest BCUT2D eigenvalue weighted by molar-refractivity contribution is 7.99. The van der Waals surface area contributed by atoms with Gasteiger partial charge in [0.15, 0.2) is 0 Å². The number of carbonyl (C=O) groups excluding carboxylic acids is 1. The first-order valence-electron chi connectivity index (χ1n) is 27.0. The predicted octanol–water partition coefficient (Wildman–Crippen LogP) is 11.8. The standard InChI is InChI=1S/C58H69ClF3N6O8PS3/c1-42-8-7-9-45(36-42)54-24-35-75-77(70,76-54)41-67-29-27-65(28-30-67)26-23-48(40-78-50-10-5-4-6-11-50)63-53-21-20-51(37-55(53)79(71,72)58(60,61)62)80(73,74)64-56(69)44-14-18-49(19-15-44)68-33-31-66(32-34-68)39-46-38-57(2,3)25-22-52(46)43-12-16-47(59)17-13-43/h4-21,36-37,48,54,63H,22-35,38-41H2,1-3H3,(H,64,69)/t48-,54?,77?/m1/s1. The minimum atomic E-state index is -6.13. The second kappa shape index (κ2) is 25.4. The monoisotopic (exact) mass is 1200 g/mol. The lowest BCUT2D eigenvalue weighted by Crippen LogP contribution is -2.47. The van der Waals surface area contributed by atoms with Crippen LogP contribution >= 0.6 is 31.0 Å². The molecule has 0 aromatic heterocycles. The summed E-state index contributed by atoms with van der Waals surface area (Å²) in [6.45, 7) is 13.6. The van der Waals surface area contributed by atoms with Crippen LogP contribution in [0.4, 0.5) is 24.5 Å². The third kappa shape index (κ3) is 15.3. The average molecular weight is 1200 g/mol. The highest BCUT2D eigenvalue weighted by atomic mass is 35.5. The molecule has 0 radical (unpaired) electrons. The first-order chi connectivity index (χ1) is 38.0. The minimum absolute atomic E-state index is 0.0192. The lowest BCUT2D eigenvalue weighted by atomic mass is 9.73. The number of benzene rings is 5. The number of nitrogens with one attached hydrogen (secondary N) is 2. The van der Waals surface area contributed by atoms with Gasteiger partial charge in [-0.3, -0.25) is 23.7 Å². The zero-order valence-electron chi connectivity index (χ0n) is 45.2. The quantitative estimate of drug-likeness (QED) is 0.0594. The number of rotatable bonds is 19. The Hall–Kier alpha value is -4.73. The molecule has 1 aliphatic carbocycles. The fourth-order valence-corrected chi connectivity index (χ4v) is 15.9. The Balaban J connectivity index is 0.832. The number of alkyl halides is 3. The average Bonchev–Trinajstić information content (AvgIpc) is 3.52. The Bertz CT molecular complexity index is 3290. The summed E-state index contributed by atoms with van der Waals surface area (Å²) in [6, 6.07) is 33.5. The number of allylic oxidation sites excluding steroid dienone is 1. The number of anilines is 2. The lowest BCUT2D eigenvalue weighted by Gasteiger charge is -2.39. The fourth-order valence-electron chi connectivity index (χ4n) is 10.8. The van der Waals surface area contributed by atoms with Crippen molar-refractivity contribution in [3.63, 3.8) is 0 Å². The van der Waals surface area contributed by atoms with Crippen molar-refractivity contribution in [3.8, 4) is 0 Å². The number of sulfonamides is 1. The number of carbonyl (C=O) groups is 1. The topological polar surface area (TPSA) is 158 Å². The molecule has 430 valence electrons. The smallest absolute Gasteiger partial charge is 0.380 e. The van der Waals surface area contributed by atoms with E-state index >= 15 is 0 Å². The van der Waals surface area contributed by atoms with E-state index in [-0.39, 0.29) is 23.4 Å². The maximum Gasteiger partial charge on any atom is 0.501 e. The van der Waals surface area contributed by atoms with Crippen LogP contribution in [0.5, 0.6) is 0 Å². The molecule has 4 aliphatic rings. The van der Waals surface area contributed by atoms with Crippen LogP contribution < -0.4 is 14.9 Å². The summed E-state index contributed by atoms with van der Waals surface area (Å²) in [5.74, 6) is -0.732. The van der Waals surface area contributed by atoms with Gasteiger partial charge in [0.2, 0.25) is 0 Å². The molecule has 0 saturated carbocycles. The summed E-state index contributed by atoms with van der Waals surface area (Å²) in [5, 5.41) is 3.74. The first-order valence-corrected chi connectivity index (χ1v) is 33.0. The summed E-state index contributed by atoms with van der Waals surface area (Å²) >= 11 is 7.64. The molecule has 3 saturated heterocycles. The molecule has 5 aromatic carbocycles. The van der Waals surface area contributed by atoms with Crippen molar-refractivity contribution in [3.05, 3.63) is 154 Å². The van der Waals surface area contributed by atoms with Crippen LogP contribution in [0.2, 0.25) is 5.02 Å². The van der Waals surface area contributed by atoms with E-state index in [4.69, 9.17) is 20.6 Å². The number of nitrogens with zero attached hydrogens (tertiary/aromatic N) is 4. The maximum atomic E-state index is 14.5. The molecule has 14 nitrogen and oxygen atoms in total. The fraction of sp³-hybridized carbons (Fsp3) is 0.431. The Morgan fingerprint density at radius 1 is 0.838 bits per heavy atom. The van der Waals surface area contributed by atoms with Gasteiger partial charge in [0.05, 0.1) is 23.3 Å². The highest BCUT2D eigenvalue weighted by Crippen LogP contribution is 2.56. The van der Waals surface area contributed by atoms with Gasteiger partial charge < -0.3 is 19.6 Å². The van der Waals surface area contributed by atoms with Crippen LogP contribution in [0.1, 0.15) is 79.1 Å². The van der Waals surface area contributed by atoms with Crippen LogP contribution in [-0.4, -0.2) is 133 Å². The Labute approximate surface area is 477 Å². The van der Waals surface area contributed by atoms with E-state index in [0.29, 0.717) is 69.0 Å². The van der Waals surface area contributed by atoms with Crippen molar-refractivity contribution in [2.75, 3.05) is 94.3 Å². The maximum absolute atomic E-state index is 14.5. The van der Waals surface area contributed by atoms with Crippen molar-refractivity contribution in [1.29, 1.82) is 0 Å². The molecular formula is C58H69ClF3N6O8PS3. The molecule has 80 heavy (non-hydrogen) atoms. The summed E-state index contributed by atoms with van der Waals surface area (Å²) in [6.07, 6.45) is 3.87. The van der Waals surface area contributed by atoms with Gasteiger partial charge in [-0.1, -0.05) is 91.2 Å². The van der Waals surface area contributed by atoms with Gasteiger partial charge in [0, 0.05) is 105 Å². The molecule has 2 unspecified atom stereocenters. The molecule has 3 atom stereocenters. The third-order valence-corrected chi connectivity index (χ3v) is 21.5. The van der Waals surface area contributed by atoms with Crippen LogP contribution in [0.15, 0.2) is 142 Å². The van der Waals surface area contributed by atoms with Crippen LogP contribution in [0, 0.1) is 12.3 Å². The third-order valence-electron chi connectivity index (χ3n) is 15.3. The molecule has 3 heterocycles. The van der Waals surface area contributed by atoms with Gasteiger partial charge in [-0.15, -0.1) is 11.8 Å². The second-order valence-corrected chi connectivity index (χ2v) is 29.0. The number of halogens is 4. The van der Waals surface area contributed by atoms with E-state index in [2.05, 4.69) is 46.0 Å².